The summed E-state index contributed by atoms with van der Waals surface area (Å²) in [4.78, 5) is 21.9. The SMILES string of the molecule is COC(=O)c1c(Cl)sc(Cl)c1C(=O)O. The lowest BCUT2D eigenvalue weighted by molar-refractivity contribution is 0.0584. The first kappa shape index (κ1) is 11.3. The Balaban J connectivity index is 3.39. The van der Waals surface area contributed by atoms with Crippen LogP contribution in [0.4, 0.5) is 0 Å². The van der Waals surface area contributed by atoms with E-state index in [1.807, 2.05) is 0 Å². The predicted octanol–water partition coefficient (Wildman–Crippen LogP) is 2.54. The molecular formula is C7H4Cl2O4S. The highest BCUT2D eigenvalue weighted by atomic mass is 35.5. The van der Waals surface area contributed by atoms with Gasteiger partial charge in [0, 0.05) is 0 Å². The maximum Gasteiger partial charge on any atom is 0.341 e. The zero-order chi connectivity index (χ0) is 10.9. The van der Waals surface area contributed by atoms with Crippen molar-refractivity contribution in [3.05, 3.63) is 19.8 Å². The molecule has 0 fully saturated rings. The van der Waals surface area contributed by atoms with Crippen molar-refractivity contribution in [3.8, 4) is 0 Å². The highest BCUT2D eigenvalue weighted by molar-refractivity contribution is 7.20. The van der Waals surface area contributed by atoms with Crippen molar-refractivity contribution in [1.29, 1.82) is 0 Å². The monoisotopic (exact) mass is 254 g/mol. The van der Waals surface area contributed by atoms with Crippen LogP contribution in [0.3, 0.4) is 0 Å². The molecule has 0 radical (unpaired) electrons. The highest BCUT2D eigenvalue weighted by Gasteiger charge is 2.27. The molecule has 0 aromatic carbocycles. The normalized spacial score (nSPS) is 9.93. The molecule has 14 heavy (non-hydrogen) atoms. The molecule has 0 unspecified atom stereocenters. The van der Waals surface area contributed by atoms with Crippen molar-refractivity contribution in [1.82, 2.24) is 0 Å². The number of aromatic carboxylic acids is 1. The minimum atomic E-state index is -1.31. The van der Waals surface area contributed by atoms with Crippen molar-refractivity contribution in [2.24, 2.45) is 0 Å². The molecule has 1 N–H and O–H groups in total. The highest BCUT2D eigenvalue weighted by Crippen LogP contribution is 2.36. The van der Waals surface area contributed by atoms with Gasteiger partial charge >= 0.3 is 11.9 Å². The Morgan fingerprint density at radius 3 is 2.21 bits per heavy atom. The molecule has 4 nitrogen and oxygen atoms in total. The molecule has 76 valence electrons. The van der Waals surface area contributed by atoms with Gasteiger partial charge in [-0.15, -0.1) is 11.3 Å². The molecule has 0 aliphatic heterocycles. The third-order valence-electron chi connectivity index (χ3n) is 1.43. The Bertz CT molecular complexity index is 399. The number of methoxy groups -OCH3 is 1. The number of carboxylic acid groups (broad SMARTS) is 1. The lowest BCUT2D eigenvalue weighted by Crippen LogP contribution is -2.08. The molecule has 1 heterocycles. The topological polar surface area (TPSA) is 63.6 Å². The van der Waals surface area contributed by atoms with Crippen LogP contribution in [-0.2, 0) is 4.74 Å². The van der Waals surface area contributed by atoms with E-state index in [4.69, 9.17) is 28.3 Å². The maximum atomic E-state index is 11.2. The van der Waals surface area contributed by atoms with Crippen molar-refractivity contribution in [2.45, 2.75) is 0 Å². The van der Waals surface area contributed by atoms with Gasteiger partial charge in [-0.2, -0.15) is 0 Å². The summed E-state index contributed by atoms with van der Waals surface area (Å²) in [5.74, 6) is -2.12. The summed E-state index contributed by atoms with van der Waals surface area (Å²) in [6.07, 6.45) is 0. The van der Waals surface area contributed by atoms with E-state index in [0.29, 0.717) is 0 Å². The van der Waals surface area contributed by atoms with Crippen molar-refractivity contribution in [3.63, 3.8) is 0 Å². The Hall–Kier alpha value is -0.780. The van der Waals surface area contributed by atoms with Gasteiger partial charge in [0.2, 0.25) is 0 Å². The fraction of sp³-hybridized carbons (Fsp3) is 0.143. The number of carbonyl (C=O) groups is 2. The molecule has 0 saturated carbocycles. The summed E-state index contributed by atoms with van der Waals surface area (Å²) < 4.78 is 4.36. The minimum Gasteiger partial charge on any atom is -0.478 e. The molecule has 0 aliphatic rings. The summed E-state index contributed by atoms with van der Waals surface area (Å²) in [6.45, 7) is 0. The molecule has 0 atom stereocenters. The fourth-order valence-electron chi connectivity index (χ4n) is 0.853. The van der Waals surface area contributed by atoms with Crippen molar-refractivity contribution in [2.75, 3.05) is 7.11 Å². The van der Waals surface area contributed by atoms with E-state index in [1.165, 1.54) is 0 Å². The van der Waals surface area contributed by atoms with Crippen LogP contribution in [0, 0.1) is 0 Å². The summed E-state index contributed by atoms with van der Waals surface area (Å²) in [6, 6.07) is 0. The van der Waals surface area contributed by atoms with Crippen molar-refractivity contribution >= 4 is 46.5 Å². The van der Waals surface area contributed by atoms with Gasteiger partial charge in [-0.3, -0.25) is 0 Å². The van der Waals surface area contributed by atoms with Crippen LogP contribution in [0.1, 0.15) is 20.7 Å². The van der Waals surface area contributed by atoms with Gasteiger partial charge in [0.1, 0.15) is 19.8 Å². The third-order valence-corrected chi connectivity index (χ3v) is 3.03. The van der Waals surface area contributed by atoms with Crippen LogP contribution in [0.5, 0.6) is 0 Å². The van der Waals surface area contributed by atoms with Gasteiger partial charge in [0.15, 0.2) is 0 Å². The quantitative estimate of drug-likeness (QED) is 0.824. The van der Waals surface area contributed by atoms with E-state index in [2.05, 4.69) is 4.74 Å². The van der Waals surface area contributed by atoms with Crippen LogP contribution in [0.25, 0.3) is 0 Å². The number of carboxylic acids is 1. The fourth-order valence-corrected chi connectivity index (χ4v) is 2.52. The molecule has 1 rings (SSSR count). The first-order chi connectivity index (χ1) is 6.49. The Kier molecular flexibility index (Phi) is 3.36. The number of hydrogen-bond acceptors (Lipinski definition) is 4. The number of rotatable bonds is 2. The molecule has 7 heteroatoms. The van der Waals surface area contributed by atoms with E-state index < -0.39 is 11.9 Å². The smallest absolute Gasteiger partial charge is 0.341 e. The molecule has 1 aromatic rings. The molecule has 0 aliphatic carbocycles. The molecule has 1 aromatic heterocycles. The first-order valence-electron chi connectivity index (χ1n) is 3.28. The largest absolute Gasteiger partial charge is 0.478 e. The molecule has 0 bridgehead atoms. The maximum absolute atomic E-state index is 11.2. The standard InChI is InChI=1S/C7H4Cl2O4S/c1-13-7(12)3-2(6(10)11)4(8)14-5(3)9/h1H3,(H,10,11). The van der Waals surface area contributed by atoms with Gasteiger partial charge in [0.05, 0.1) is 7.11 Å². The summed E-state index contributed by atoms with van der Waals surface area (Å²) >= 11 is 12.0. The second kappa shape index (κ2) is 4.16. The minimum absolute atomic E-state index is 0.0132. The second-order valence-corrected chi connectivity index (χ2v) is 4.42. The summed E-state index contributed by atoms with van der Waals surface area (Å²) in [5.41, 5.74) is -0.509. The lowest BCUT2D eigenvalue weighted by Gasteiger charge is -1.98. The number of thiophene rings is 1. The molecular weight excluding hydrogens is 251 g/mol. The van der Waals surface area contributed by atoms with Crippen LogP contribution in [0.2, 0.25) is 8.67 Å². The van der Waals surface area contributed by atoms with E-state index in [0.717, 1.165) is 18.4 Å². The van der Waals surface area contributed by atoms with Gasteiger partial charge in [-0.25, -0.2) is 9.59 Å². The van der Waals surface area contributed by atoms with Gasteiger partial charge in [-0.05, 0) is 0 Å². The van der Waals surface area contributed by atoms with E-state index in [1.54, 1.807) is 0 Å². The van der Waals surface area contributed by atoms with E-state index in [9.17, 15) is 9.59 Å². The summed E-state index contributed by atoms with van der Waals surface area (Å²) in [7, 11) is 1.13. The number of ether oxygens (including phenoxy) is 1. The molecule has 0 saturated heterocycles. The number of carbonyl (C=O) groups excluding carboxylic acids is 1. The Labute approximate surface area is 93.0 Å². The lowest BCUT2D eigenvalue weighted by atomic mass is 10.2. The van der Waals surface area contributed by atoms with Gasteiger partial charge in [-0.1, -0.05) is 23.2 Å². The van der Waals surface area contributed by atoms with Crippen LogP contribution < -0.4 is 0 Å². The first-order valence-corrected chi connectivity index (χ1v) is 4.85. The Morgan fingerprint density at radius 2 is 1.79 bits per heavy atom. The number of halogens is 2. The van der Waals surface area contributed by atoms with Crippen LogP contribution in [0.15, 0.2) is 0 Å². The third kappa shape index (κ3) is 1.84. The molecule has 0 amide bonds. The van der Waals surface area contributed by atoms with E-state index >= 15 is 0 Å². The second-order valence-electron chi connectivity index (χ2n) is 2.20. The predicted molar refractivity (Wildman–Crippen MR) is 52.6 cm³/mol. The Morgan fingerprint density at radius 1 is 1.29 bits per heavy atom. The van der Waals surface area contributed by atoms with E-state index in [-0.39, 0.29) is 19.8 Å². The number of esters is 1. The summed E-state index contributed by atoms with van der Waals surface area (Å²) in [5, 5.41) is 8.76. The van der Waals surface area contributed by atoms with Gasteiger partial charge < -0.3 is 9.84 Å². The number of hydrogen-bond donors (Lipinski definition) is 1. The zero-order valence-electron chi connectivity index (χ0n) is 6.84. The van der Waals surface area contributed by atoms with Crippen LogP contribution in [-0.4, -0.2) is 24.2 Å². The average Bonchev–Trinajstić information content (AvgIpc) is 2.39. The zero-order valence-corrected chi connectivity index (χ0v) is 9.16. The average molecular weight is 255 g/mol. The van der Waals surface area contributed by atoms with Gasteiger partial charge in [0.25, 0.3) is 0 Å². The van der Waals surface area contributed by atoms with Crippen molar-refractivity contribution < 1.29 is 19.4 Å². The van der Waals surface area contributed by atoms with Crippen LogP contribution >= 0.6 is 34.5 Å². The molecule has 0 spiro atoms.